The first kappa shape index (κ1) is 11.5. The van der Waals surface area contributed by atoms with Gasteiger partial charge in [0.1, 0.15) is 5.69 Å². The number of hydrogen-bond acceptors (Lipinski definition) is 1. The van der Waals surface area contributed by atoms with E-state index >= 15 is 0 Å². The van der Waals surface area contributed by atoms with E-state index in [1.54, 1.807) is 11.9 Å². The Balaban J connectivity index is 2.30. The Morgan fingerprint density at radius 3 is 2.29 bits per heavy atom. The van der Waals surface area contributed by atoms with Gasteiger partial charge in [0.2, 0.25) is 0 Å². The summed E-state index contributed by atoms with van der Waals surface area (Å²) in [5.41, 5.74) is 2.68. The lowest BCUT2D eigenvalue weighted by atomic mass is 10.3. The largest absolute Gasteiger partial charge is 0.344 e. The van der Waals surface area contributed by atoms with Crippen LogP contribution in [0.1, 0.15) is 16.2 Å². The molecule has 0 aliphatic carbocycles. The molecule has 2 aromatic rings. The van der Waals surface area contributed by atoms with Crippen LogP contribution in [0.4, 0.5) is 5.69 Å². The predicted octanol–water partition coefficient (Wildman–Crippen LogP) is 2.61. The third-order valence-electron chi connectivity index (χ3n) is 3.04. The Bertz CT molecular complexity index is 528. The van der Waals surface area contributed by atoms with Crippen molar-refractivity contribution >= 4 is 11.6 Å². The van der Waals surface area contributed by atoms with E-state index in [0.717, 1.165) is 11.4 Å². The molecule has 17 heavy (non-hydrogen) atoms. The molecule has 0 fully saturated rings. The molecule has 0 aliphatic rings. The van der Waals surface area contributed by atoms with Gasteiger partial charge in [0.05, 0.1) is 0 Å². The summed E-state index contributed by atoms with van der Waals surface area (Å²) in [5, 5.41) is 0. The first-order chi connectivity index (χ1) is 8.11. The van der Waals surface area contributed by atoms with E-state index in [1.165, 1.54) is 0 Å². The summed E-state index contributed by atoms with van der Waals surface area (Å²) in [4.78, 5) is 13.9. The summed E-state index contributed by atoms with van der Waals surface area (Å²) < 4.78 is 1.90. The average molecular weight is 228 g/mol. The summed E-state index contributed by atoms with van der Waals surface area (Å²) in [6.07, 6.45) is 0. The lowest BCUT2D eigenvalue weighted by Crippen LogP contribution is -2.28. The highest BCUT2D eigenvalue weighted by Gasteiger charge is 2.16. The molecule has 1 aromatic carbocycles. The molecule has 1 aromatic heterocycles. The first-order valence-corrected chi connectivity index (χ1v) is 5.56. The standard InChI is InChI=1S/C14H16N2O/c1-11-9-10-13(15(11)2)14(17)16(3)12-7-5-4-6-8-12/h4-10H,1-3H3. The minimum Gasteiger partial charge on any atom is -0.344 e. The quantitative estimate of drug-likeness (QED) is 0.775. The SMILES string of the molecule is Cc1ccc(C(=O)N(C)c2ccccc2)n1C. The van der Waals surface area contributed by atoms with Crippen molar-refractivity contribution in [1.82, 2.24) is 4.57 Å². The monoisotopic (exact) mass is 228 g/mol. The van der Waals surface area contributed by atoms with E-state index in [9.17, 15) is 4.79 Å². The van der Waals surface area contributed by atoms with Crippen LogP contribution in [0.3, 0.4) is 0 Å². The molecule has 2 rings (SSSR count). The zero-order valence-corrected chi connectivity index (χ0v) is 10.3. The van der Waals surface area contributed by atoms with E-state index in [4.69, 9.17) is 0 Å². The third-order valence-corrected chi connectivity index (χ3v) is 3.04. The van der Waals surface area contributed by atoms with Gasteiger partial charge in [-0.25, -0.2) is 0 Å². The zero-order chi connectivity index (χ0) is 12.4. The maximum absolute atomic E-state index is 12.3. The summed E-state index contributed by atoms with van der Waals surface area (Å²) >= 11 is 0. The van der Waals surface area contributed by atoms with E-state index in [0.29, 0.717) is 5.69 Å². The molecular weight excluding hydrogens is 212 g/mol. The van der Waals surface area contributed by atoms with E-state index < -0.39 is 0 Å². The van der Waals surface area contributed by atoms with Crippen LogP contribution >= 0.6 is 0 Å². The van der Waals surface area contributed by atoms with Crippen molar-refractivity contribution in [3.8, 4) is 0 Å². The number of aromatic nitrogens is 1. The minimum absolute atomic E-state index is 0.00630. The number of amides is 1. The number of hydrogen-bond donors (Lipinski definition) is 0. The summed E-state index contributed by atoms with van der Waals surface area (Å²) in [6.45, 7) is 1.99. The molecule has 0 saturated heterocycles. The molecule has 0 aliphatic heterocycles. The molecule has 3 heteroatoms. The fourth-order valence-electron chi connectivity index (χ4n) is 1.77. The Morgan fingerprint density at radius 2 is 1.76 bits per heavy atom. The van der Waals surface area contributed by atoms with Crippen LogP contribution in [0.25, 0.3) is 0 Å². The van der Waals surface area contributed by atoms with Crippen LogP contribution < -0.4 is 4.90 Å². The van der Waals surface area contributed by atoms with Crippen LogP contribution in [0.5, 0.6) is 0 Å². The van der Waals surface area contributed by atoms with Crippen molar-refractivity contribution in [3.05, 3.63) is 53.9 Å². The molecule has 3 nitrogen and oxygen atoms in total. The molecule has 0 unspecified atom stereocenters. The van der Waals surface area contributed by atoms with Gasteiger partial charge in [-0.3, -0.25) is 4.79 Å². The molecule has 88 valence electrons. The summed E-state index contributed by atoms with van der Waals surface area (Å²) in [7, 11) is 3.70. The highest BCUT2D eigenvalue weighted by atomic mass is 16.2. The minimum atomic E-state index is 0.00630. The van der Waals surface area contributed by atoms with Gasteiger partial charge in [-0.2, -0.15) is 0 Å². The highest BCUT2D eigenvalue weighted by molar-refractivity contribution is 6.04. The third kappa shape index (κ3) is 2.09. The van der Waals surface area contributed by atoms with E-state index in [1.807, 2.05) is 61.0 Å². The lowest BCUT2D eigenvalue weighted by molar-refractivity contribution is 0.0985. The second-order valence-corrected chi connectivity index (χ2v) is 4.12. The van der Waals surface area contributed by atoms with Gasteiger partial charge in [0.15, 0.2) is 0 Å². The van der Waals surface area contributed by atoms with Gasteiger partial charge in [-0.15, -0.1) is 0 Å². The van der Waals surface area contributed by atoms with E-state index in [2.05, 4.69) is 0 Å². The van der Waals surface area contributed by atoms with Crippen LogP contribution in [0.2, 0.25) is 0 Å². The van der Waals surface area contributed by atoms with Crippen LogP contribution in [0.15, 0.2) is 42.5 Å². The Labute approximate surface area is 101 Å². The number of carbonyl (C=O) groups is 1. The Kier molecular flexibility index (Phi) is 3.00. The molecular formula is C14H16N2O. The van der Waals surface area contributed by atoms with Crippen LogP contribution in [-0.4, -0.2) is 17.5 Å². The molecule has 0 spiro atoms. The lowest BCUT2D eigenvalue weighted by Gasteiger charge is -2.17. The van der Waals surface area contributed by atoms with Crippen molar-refractivity contribution in [1.29, 1.82) is 0 Å². The number of rotatable bonds is 2. The summed E-state index contributed by atoms with van der Waals surface area (Å²) in [6, 6.07) is 13.4. The highest BCUT2D eigenvalue weighted by Crippen LogP contribution is 2.15. The molecule has 0 atom stereocenters. The first-order valence-electron chi connectivity index (χ1n) is 5.56. The van der Waals surface area contributed by atoms with Crippen molar-refractivity contribution in [2.45, 2.75) is 6.92 Å². The van der Waals surface area contributed by atoms with Gasteiger partial charge >= 0.3 is 0 Å². The smallest absolute Gasteiger partial charge is 0.274 e. The van der Waals surface area contributed by atoms with Crippen molar-refractivity contribution in [2.75, 3.05) is 11.9 Å². The Hall–Kier alpha value is -2.03. The second kappa shape index (κ2) is 4.45. The second-order valence-electron chi connectivity index (χ2n) is 4.12. The summed E-state index contributed by atoms with van der Waals surface area (Å²) in [5.74, 6) is 0.00630. The maximum atomic E-state index is 12.3. The predicted molar refractivity (Wildman–Crippen MR) is 69.3 cm³/mol. The maximum Gasteiger partial charge on any atom is 0.274 e. The van der Waals surface area contributed by atoms with Gasteiger partial charge in [0, 0.05) is 25.5 Å². The molecule has 0 N–H and O–H groups in total. The molecule has 0 bridgehead atoms. The molecule has 0 radical (unpaired) electrons. The van der Waals surface area contributed by atoms with Crippen molar-refractivity contribution in [3.63, 3.8) is 0 Å². The number of benzene rings is 1. The number of aryl methyl sites for hydroxylation is 1. The number of nitrogens with zero attached hydrogens (tertiary/aromatic N) is 2. The number of anilines is 1. The fraction of sp³-hybridized carbons (Fsp3) is 0.214. The van der Waals surface area contributed by atoms with Gasteiger partial charge in [-0.1, -0.05) is 18.2 Å². The van der Waals surface area contributed by atoms with Crippen LogP contribution in [-0.2, 0) is 7.05 Å². The number of para-hydroxylation sites is 1. The average Bonchev–Trinajstić information content (AvgIpc) is 2.69. The molecule has 1 heterocycles. The van der Waals surface area contributed by atoms with Gasteiger partial charge in [0.25, 0.3) is 5.91 Å². The van der Waals surface area contributed by atoms with Gasteiger partial charge < -0.3 is 9.47 Å². The Morgan fingerprint density at radius 1 is 1.12 bits per heavy atom. The van der Waals surface area contributed by atoms with Crippen LogP contribution in [0, 0.1) is 6.92 Å². The molecule has 0 saturated carbocycles. The topological polar surface area (TPSA) is 25.2 Å². The zero-order valence-electron chi connectivity index (χ0n) is 10.3. The van der Waals surface area contributed by atoms with Gasteiger partial charge in [-0.05, 0) is 31.2 Å². The van der Waals surface area contributed by atoms with Crippen molar-refractivity contribution < 1.29 is 4.79 Å². The normalized spacial score (nSPS) is 10.3. The number of carbonyl (C=O) groups excluding carboxylic acids is 1. The van der Waals surface area contributed by atoms with Crippen molar-refractivity contribution in [2.24, 2.45) is 7.05 Å². The molecule has 1 amide bonds. The fourth-order valence-corrected chi connectivity index (χ4v) is 1.77. The van der Waals surface area contributed by atoms with E-state index in [-0.39, 0.29) is 5.91 Å².